The molecule has 1 heterocycles. The third kappa shape index (κ3) is 1.91. The molecule has 20 heavy (non-hydrogen) atoms. The van der Waals surface area contributed by atoms with E-state index in [4.69, 9.17) is 0 Å². The molecule has 0 aromatic heterocycles. The van der Waals surface area contributed by atoms with Crippen molar-refractivity contribution in [3.8, 4) is 0 Å². The second-order valence-corrected chi connectivity index (χ2v) is 7.03. The van der Waals surface area contributed by atoms with E-state index in [-0.39, 0.29) is 5.41 Å². The molecular weight excluding hydrogens is 250 g/mol. The molecule has 0 radical (unpaired) electrons. The van der Waals surface area contributed by atoms with Crippen molar-refractivity contribution in [2.45, 2.75) is 51.5 Å². The maximum Gasteiger partial charge on any atom is 0.337 e. The van der Waals surface area contributed by atoms with E-state index < -0.39 is 5.97 Å². The summed E-state index contributed by atoms with van der Waals surface area (Å²) in [6, 6.07) is 6.07. The van der Waals surface area contributed by atoms with Crippen LogP contribution in [-0.4, -0.2) is 17.1 Å². The number of aromatic carboxylic acids is 1. The van der Waals surface area contributed by atoms with Gasteiger partial charge >= 0.3 is 5.97 Å². The first kappa shape index (κ1) is 13.5. The first-order valence-corrected chi connectivity index (χ1v) is 7.54. The molecular formula is C17H23NO2. The van der Waals surface area contributed by atoms with E-state index in [2.05, 4.69) is 32.2 Å². The van der Waals surface area contributed by atoms with Gasteiger partial charge in [0, 0.05) is 6.04 Å². The van der Waals surface area contributed by atoms with E-state index in [1.807, 2.05) is 6.07 Å². The number of para-hydroxylation sites is 1. The van der Waals surface area contributed by atoms with Gasteiger partial charge in [-0.05, 0) is 41.7 Å². The number of fused-ring (bicyclic) bond motifs is 2. The molecule has 0 bridgehead atoms. The second kappa shape index (κ2) is 4.51. The molecule has 1 saturated carbocycles. The Morgan fingerprint density at radius 2 is 2.10 bits per heavy atom. The Kier molecular flexibility index (Phi) is 3.03. The molecule has 0 saturated heterocycles. The van der Waals surface area contributed by atoms with Gasteiger partial charge in [0.05, 0.1) is 11.3 Å². The molecule has 3 atom stereocenters. The summed E-state index contributed by atoms with van der Waals surface area (Å²) in [5, 5.41) is 13.0. The fraction of sp³-hybridized carbons (Fsp3) is 0.588. The van der Waals surface area contributed by atoms with E-state index in [1.54, 1.807) is 6.07 Å². The van der Waals surface area contributed by atoms with Crippen LogP contribution in [0.3, 0.4) is 0 Å². The van der Waals surface area contributed by atoms with Crippen LogP contribution in [0, 0.1) is 11.8 Å². The highest BCUT2D eigenvalue weighted by Gasteiger charge is 2.45. The standard InChI is InChI=1S/C17H23NO2/c1-10-7-8-12-14(9-10)18-15-11(16(19)20)5-4-6-13(15)17(12,2)3/h4-6,10,12,14,18H,7-9H2,1-3H3,(H,19,20)/t10-,12+,14+/m0/s1. The molecule has 1 fully saturated rings. The quantitative estimate of drug-likeness (QED) is 0.816. The molecule has 1 aliphatic heterocycles. The van der Waals surface area contributed by atoms with Crippen molar-refractivity contribution in [3.05, 3.63) is 29.3 Å². The largest absolute Gasteiger partial charge is 0.478 e. The molecule has 2 N–H and O–H groups in total. The van der Waals surface area contributed by atoms with Gasteiger partial charge in [-0.3, -0.25) is 0 Å². The van der Waals surface area contributed by atoms with Gasteiger partial charge in [0.25, 0.3) is 0 Å². The van der Waals surface area contributed by atoms with Crippen molar-refractivity contribution in [2.75, 3.05) is 5.32 Å². The van der Waals surface area contributed by atoms with Crippen molar-refractivity contribution >= 4 is 11.7 Å². The van der Waals surface area contributed by atoms with Gasteiger partial charge in [-0.15, -0.1) is 0 Å². The maximum atomic E-state index is 11.5. The lowest BCUT2D eigenvalue weighted by atomic mass is 9.61. The molecule has 1 aromatic rings. The van der Waals surface area contributed by atoms with Crippen molar-refractivity contribution in [1.82, 2.24) is 0 Å². The number of carboxylic acids is 1. The number of carboxylic acid groups (broad SMARTS) is 1. The Hall–Kier alpha value is -1.51. The summed E-state index contributed by atoms with van der Waals surface area (Å²) < 4.78 is 0. The molecule has 1 aliphatic carbocycles. The van der Waals surface area contributed by atoms with Crippen LogP contribution in [0.5, 0.6) is 0 Å². The number of nitrogens with one attached hydrogen (secondary N) is 1. The zero-order valence-electron chi connectivity index (χ0n) is 12.4. The van der Waals surface area contributed by atoms with Gasteiger partial charge < -0.3 is 10.4 Å². The van der Waals surface area contributed by atoms with Crippen LogP contribution in [-0.2, 0) is 5.41 Å². The molecule has 3 heteroatoms. The van der Waals surface area contributed by atoms with Crippen LogP contribution in [0.1, 0.15) is 56.0 Å². The molecule has 3 rings (SSSR count). The molecule has 3 nitrogen and oxygen atoms in total. The highest BCUT2D eigenvalue weighted by atomic mass is 16.4. The van der Waals surface area contributed by atoms with E-state index in [0.29, 0.717) is 17.5 Å². The van der Waals surface area contributed by atoms with Crippen molar-refractivity contribution in [2.24, 2.45) is 11.8 Å². The van der Waals surface area contributed by atoms with Crippen LogP contribution in [0.25, 0.3) is 0 Å². The lowest BCUT2D eigenvalue weighted by Crippen LogP contribution is -2.49. The van der Waals surface area contributed by atoms with Crippen LogP contribution in [0.4, 0.5) is 5.69 Å². The van der Waals surface area contributed by atoms with Gasteiger partial charge in [-0.1, -0.05) is 39.3 Å². The highest BCUT2D eigenvalue weighted by molar-refractivity contribution is 5.95. The summed E-state index contributed by atoms with van der Waals surface area (Å²) in [6.45, 7) is 6.83. The van der Waals surface area contributed by atoms with Crippen molar-refractivity contribution < 1.29 is 9.90 Å². The third-order valence-electron chi connectivity index (χ3n) is 5.36. The zero-order valence-corrected chi connectivity index (χ0v) is 12.4. The number of carbonyl (C=O) groups is 1. The monoisotopic (exact) mass is 273 g/mol. The van der Waals surface area contributed by atoms with Crippen molar-refractivity contribution in [1.29, 1.82) is 0 Å². The fourth-order valence-electron chi connectivity index (χ4n) is 4.21. The van der Waals surface area contributed by atoms with Crippen LogP contribution in [0.15, 0.2) is 18.2 Å². The van der Waals surface area contributed by atoms with E-state index in [0.717, 1.165) is 23.6 Å². The van der Waals surface area contributed by atoms with E-state index in [9.17, 15) is 9.90 Å². The number of benzene rings is 1. The van der Waals surface area contributed by atoms with Crippen LogP contribution in [0.2, 0.25) is 0 Å². The minimum Gasteiger partial charge on any atom is -0.478 e. The molecule has 2 aliphatic rings. The van der Waals surface area contributed by atoms with Gasteiger partial charge in [0.1, 0.15) is 0 Å². The van der Waals surface area contributed by atoms with E-state index in [1.165, 1.54) is 12.8 Å². The molecule has 0 unspecified atom stereocenters. The van der Waals surface area contributed by atoms with Gasteiger partial charge in [0.15, 0.2) is 0 Å². The smallest absolute Gasteiger partial charge is 0.337 e. The minimum atomic E-state index is -0.840. The summed E-state index contributed by atoms with van der Waals surface area (Å²) in [6.07, 6.45) is 3.64. The third-order valence-corrected chi connectivity index (χ3v) is 5.36. The number of hydrogen-bond acceptors (Lipinski definition) is 2. The SMILES string of the molecule is C[C@H]1CC[C@@H]2[C@@H](C1)Nc1c(C(=O)O)cccc1C2(C)C. The lowest BCUT2D eigenvalue weighted by molar-refractivity contribution is 0.0697. The average molecular weight is 273 g/mol. The summed E-state index contributed by atoms with van der Waals surface area (Å²) in [4.78, 5) is 11.5. The van der Waals surface area contributed by atoms with Crippen molar-refractivity contribution in [3.63, 3.8) is 0 Å². The van der Waals surface area contributed by atoms with Crippen LogP contribution < -0.4 is 5.32 Å². The second-order valence-electron chi connectivity index (χ2n) is 7.03. The number of hydrogen-bond donors (Lipinski definition) is 2. The molecule has 1 aromatic carbocycles. The Morgan fingerprint density at radius 3 is 2.80 bits per heavy atom. The molecule has 0 amide bonds. The summed E-state index contributed by atoms with van der Waals surface area (Å²) in [5.41, 5.74) is 2.46. The van der Waals surface area contributed by atoms with Crippen LogP contribution >= 0.6 is 0 Å². The Labute approximate surface area is 120 Å². The molecule has 108 valence electrons. The van der Waals surface area contributed by atoms with Gasteiger partial charge in [0.2, 0.25) is 0 Å². The fourth-order valence-corrected chi connectivity index (χ4v) is 4.21. The summed E-state index contributed by atoms with van der Waals surface area (Å²) in [5.74, 6) is 0.473. The number of anilines is 1. The Bertz CT molecular complexity index is 550. The predicted molar refractivity (Wildman–Crippen MR) is 80.3 cm³/mol. The lowest BCUT2D eigenvalue weighted by Gasteiger charge is -2.50. The average Bonchev–Trinajstić information content (AvgIpc) is 2.37. The first-order chi connectivity index (χ1) is 9.41. The Balaban J connectivity index is 2.11. The minimum absolute atomic E-state index is 0.0385. The summed E-state index contributed by atoms with van der Waals surface area (Å²) in [7, 11) is 0. The maximum absolute atomic E-state index is 11.5. The highest BCUT2D eigenvalue weighted by Crippen LogP contribution is 2.49. The first-order valence-electron chi connectivity index (χ1n) is 7.54. The molecule has 0 spiro atoms. The summed E-state index contributed by atoms with van der Waals surface area (Å²) >= 11 is 0. The van der Waals surface area contributed by atoms with E-state index >= 15 is 0 Å². The number of rotatable bonds is 1. The zero-order chi connectivity index (χ0) is 14.5. The van der Waals surface area contributed by atoms with Gasteiger partial charge in [-0.25, -0.2) is 4.79 Å². The normalized spacial score (nSPS) is 30.9. The topological polar surface area (TPSA) is 49.3 Å². The Morgan fingerprint density at radius 1 is 1.35 bits per heavy atom. The van der Waals surface area contributed by atoms with Gasteiger partial charge in [-0.2, -0.15) is 0 Å². The predicted octanol–water partition coefficient (Wildman–Crippen LogP) is 3.89.